The average molecular weight is 236 g/mol. The molecule has 0 rings (SSSR count). The summed E-state index contributed by atoms with van der Waals surface area (Å²) in [5.74, 6) is 0.225. The maximum absolute atomic E-state index is 11.9. The lowest BCUT2D eigenvalue weighted by Crippen LogP contribution is -2.39. The van der Waals surface area contributed by atoms with E-state index in [-0.39, 0.29) is 11.8 Å². The quantitative estimate of drug-likeness (QED) is 0.644. The Kier molecular flexibility index (Phi) is 7.13. The van der Waals surface area contributed by atoms with Gasteiger partial charge in [-0.05, 0) is 39.7 Å². The molecule has 0 heterocycles. The van der Waals surface area contributed by atoms with Crippen LogP contribution in [0.3, 0.4) is 0 Å². The Hall–Kier alpha value is -0.130. The molecule has 4 nitrogen and oxygen atoms in total. The van der Waals surface area contributed by atoms with Crippen LogP contribution in [0, 0.1) is 0 Å². The summed E-state index contributed by atoms with van der Waals surface area (Å²) >= 11 is 0. The third kappa shape index (κ3) is 5.49. The fourth-order valence-corrected chi connectivity index (χ4v) is 3.39. The van der Waals surface area contributed by atoms with Crippen molar-refractivity contribution in [2.75, 3.05) is 18.8 Å². The van der Waals surface area contributed by atoms with Crippen LogP contribution in [0.2, 0.25) is 0 Å². The number of nitrogens with zero attached hydrogens (tertiary/aromatic N) is 1. The van der Waals surface area contributed by atoms with Gasteiger partial charge in [-0.15, -0.1) is 0 Å². The van der Waals surface area contributed by atoms with Gasteiger partial charge in [-0.2, -0.15) is 4.31 Å². The number of sulfonamides is 1. The standard InChI is InChI=1S/C10H24N2O2S/c1-4-8-12(10(2)3)15(13,14)9-6-5-7-11/h10H,4-9,11H2,1-3H3. The number of hydrogen-bond acceptors (Lipinski definition) is 3. The van der Waals surface area contributed by atoms with E-state index >= 15 is 0 Å². The molecule has 0 aliphatic heterocycles. The molecule has 0 aliphatic rings. The van der Waals surface area contributed by atoms with Gasteiger partial charge in [-0.3, -0.25) is 0 Å². The van der Waals surface area contributed by atoms with Crippen LogP contribution in [0.25, 0.3) is 0 Å². The van der Waals surface area contributed by atoms with E-state index in [1.54, 1.807) is 4.31 Å². The Morgan fingerprint density at radius 1 is 1.27 bits per heavy atom. The van der Waals surface area contributed by atoms with E-state index in [0.29, 0.717) is 19.5 Å². The Morgan fingerprint density at radius 2 is 1.87 bits per heavy atom. The molecule has 0 fully saturated rings. The first-order chi connectivity index (χ1) is 6.95. The molecule has 2 N–H and O–H groups in total. The lowest BCUT2D eigenvalue weighted by atomic mass is 10.3. The summed E-state index contributed by atoms with van der Waals surface area (Å²) in [6.45, 7) is 6.99. The van der Waals surface area contributed by atoms with Gasteiger partial charge in [0.15, 0.2) is 0 Å². The molecule has 92 valence electrons. The minimum Gasteiger partial charge on any atom is -0.330 e. The van der Waals surface area contributed by atoms with Crippen molar-refractivity contribution in [2.24, 2.45) is 5.73 Å². The highest BCUT2D eigenvalue weighted by molar-refractivity contribution is 7.89. The first kappa shape index (κ1) is 14.9. The van der Waals surface area contributed by atoms with Crippen molar-refractivity contribution < 1.29 is 8.42 Å². The predicted molar refractivity (Wildman–Crippen MR) is 64.2 cm³/mol. The predicted octanol–water partition coefficient (Wildman–Crippen LogP) is 1.18. The average Bonchev–Trinajstić information content (AvgIpc) is 2.13. The Labute approximate surface area is 93.9 Å². The summed E-state index contributed by atoms with van der Waals surface area (Å²) in [4.78, 5) is 0. The topological polar surface area (TPSA) is 63.4 Å². The highest BCUT2D eigenvalue weighted by Gasteiger charge is 2.22. The van der Waals surface area contributed by atoms with Crippen molar-refractivity contribution in [1.29, 1.82) is 0 Å². The van der Waals surface area contributed by atoms with Gasteiger partial charge < -0.3 is 5.73 Å². The molecule has 0 saturated carbocycles. The maximum Gasteiger partial charge on any atom is 0.214 e. The number of hydrogen-bond donors (Lipinski definition) is 1. The van der Waals surface area contributed by atoms with Crippen LogP contribution in [0.1, 0.15) is 40.0 Å². The number of rotatable bonds is 8. The Bertz CT molecular complexity index is 250. The van der Waals surface area contributed by atoms with Crippen molar-refractivity contribution in [3.05, 3.63) is 0 Å². The molecule has 5 heteroatoms. The van der Waals surface area contributed by atoms with Gasteiger partial charge in [0, 0.05) is 12.6 Å². The lowest BCUT2D eigenvalue weighted by molar-refractivity contribution is 0.353. The van der Waals surface area contributed by atoms with E-state index in [1.165, 1.54) is 0 Å². The summed E-state index contributed by atoms with van der Waals surface area (Å²) in [7, 11) is -3.08. The molecule has 0 unspecified atom stereocenters. The molecule has 0 amide bonds. The molecule has 0 spiro atoms. The summed E-state index contributed by atoms with van der Waals surface area (Å²) in [5.41, 5.74) is 5.34. The zero-order valence-electron chi connectivity index (χ0n) is 10.1. The van der Waals surface area contributed by atoms with Gasteiger partial charge in [-0.1, -0.05) is 6.92 Å². The van der Waals surface area contributed by atoms with E-state index in [9.17, 15) is 8.42 Å². The van der Waals surface area contributed by atoms with Crippen LogP contribution < -0.4 is 5.73 Å². The van der Waals surface area contributed by atoms with Crippen LogP contribution in [-0.2, 0) is 10.0 Å². The van der Waals surface area contributed by atoms with Gasteiger partial charge in [0.25, 0.3) is 0 Å². The van der Waals surface area contributed by atoms with Crippen molar-refractivity contribution in [2.45, 2.75) is 46.1 Å². The minimum absolute atomic E-state index is 0.0489. The molecule has 0 saturated heterocycles. The van der Waals surface area contributed by atoms with Crippen molar-refractivity contribution in [3.63, 3.8) is 0 Å². The number of nitrogens with two attached hydrogens (primary N) is 1. The monoisotopic (exact) mass is 236 g/mol. The minimum atomic E-state index is -3.08. The van der Waals surface area contributed by atoms with Gasteiger partial charge in [0.1, 0.15) is 0 Å². The fourth-order valence-electron chi connectivity index (χ4n) is 1.48. The van der Waals surface area contributed by atoms with Crippen LogP contribution in [0.5, 0.6) is 0 Å². The van der Waals surface area contributed by atoms with E-state index < -0.39 is 10.0 Å². The SMILES string of the molecule is CCCN(C(C)C)S(=O)(=O)CCCCN. The van der Waals surface area contributed by atoms with E-state index in [1.807, 2.05) is 20.8 Å². The summed E-state index contributed by atoms with van der Waals surface area (Å²) in [6.07, 6.45) is 2.29. The first-order valence-corrected chi connectivity index (χ1v) is 7.26. The second-order valence-electron chi connectivity index (χ2n) is 4.02. The second-order valence-corrected chi connectivity index (χ2v) is 6.06. The molecule has 0 radical (unpaired) electrons. The summed E-state index contributed by atoms with van der Waals surface area (Å²) in [5, 5.41) is 0. The van der Waals surface area contributed by atoms with Crippen LogP contribution in [0.15, 0.2) is 0 Å². The van der Waals surface area contributed by atoms with Crippen LogP contribution in [-0.4, -0.2) is 37.6 Å². The normalized spacial score (nSPS) is 12.7. The smallest absolute Gasteiger partial charge is 0.214 e. The molecule has 0 aliphatic carbocycles. The van der Waals surface area contributed by atoms with Crippen molar-refractivity contribution in [1.82, 2.24) is 4.31 Å². The second kappa shape index (κ2) is 7.19. The summed E-state index contributed by atoms with van der Waals surface area (Å²) in [6, 6.07) is 0.0489. The number of unbranched alkanes of at least 4 members (excludes halogenated alkanes) is 1. The first-order valence-electron chi connectivity index (χ1n) is 5.65. The fraction of sp³-hybridized carbons (Fsp3) is 1.00. The highest BCUT2D eigenvalue weighted by Crippen LogP contribution is 2.10. The van der Waals surface area contributed by atoms with Gasteiger partial charge >= 0.3 is 0 Å². The third-order valence-electron chi connectivity index (χ3n) is 2.23. The lowest BCUT2D eigenvalue weighted by Gasteiger charge is -2.25. The molecule has 15 heavy (non-hydrogen) atoms. The molecular weight excluding hydrogens is 212 g/mol. The van der Waals surface area contributed by atoms with E-state index in [4.69, 9.17) is 5.73 Å². The van der Waals surface area contributed by atoms with Gasteiger partial charge in [0.2, 0.25) is 10.0 Å². The maximum atomic E-state index is 11.9. The molecule has 0 aromatic rings. The van der Waals surface area contributed by atoms with E-state index in [0.717, 1.165) is 12.8 Å². The zero-order chi connectivity index (χ0) is 11.9. The zero-order valence-corrected chi connectivity index (χ0v) is 10.9. The van der Waals surface area contributed by atoms with Crippen molar-refractivity contribution in [3.8, 4) is 0 Å². The molecular formula is C10H24N2O2S. The highest BCUT2D eigenvalue weighted by atomic mass is 32.2. The molecule has 0 atom stereocenters. The van der Waals surface area contributed by atoms with Crippen LogP contribution >= 0.6 is 0 Å². The summed E-state index contributed by atoms with van der Waals surface area (Å²) < 4.78 is 25.4. The third-order valence-corrected chi connectivity index (χ3v) is 4.36. The largest absolute Gasteiger partial charge is 0.330 e. The van der Waals surface area contributed by atoms with Gasteiger partial charge in [0.05, 0.1) is 5.75 Å². The molecule has 0 aromatic carbocycles. The molecule has 0 bridgehead atoms. The molecule has 0 aromatic heterocycles. The van der Waals surface area contributed by atoms with Crippen LogP contribution in [0.4, 0.5) is 0 Å². The Morgan fingerprint density at radius 3 is 2.27 bits per heavy atom. The van der Waals surface area contributed by atoms with E-state index in [2.05, 4.69) is 0 Å². The van der Waals surface area contributed by atoms with Gasteiger partial charge in [-0.25, -0.2) is 8.42 Å². The Balaban J connectivity index is 4.37. The van der Waals surface area contributed by atoms with Crippen molar-refractivity contribution >= 4 is 10.0 Å².